The monoisotopic (exact) mass is 299 g/mol. The molecule has 0 aliphatic heterocycles. The van der Waals surface area contributed by atoms with Crippen molar-refractivity contribution in [3.63, 3.8) is 0 Å². The largest absolute Gasteiger partial charge is 0.493 e. The van der Waals surface area contributed by atoms with Gasteiger partial charge >= 0.3 is 0 Å². The molecule has 0 heterocycles. The molecular formula is C19H25NO2. The lowest BCUT2D eigenvalue weighted by Crippen LogP contribution is -2.21. The summed E-state index contributed by atoms with van der Waals surface area (Å²) in [5, 5.41) is 3.26. The molecule has 22 heavy (non-hydrogen) atoms. The molecule has 0 spiro atoms. The molecule has 1 atom stereocenters. The molecule has 1 unspecified atom stereocenters. The molecule has 0 amide bonds. The molecule has 3 heteroatoms. The highest BCUT2D eigenvalue weighted by molar-refractivity contribution is 5.43. The minimum absolute atomic E-state index is 0.514. The van der Waals surface area contributed by atoms with Crippen LogP contribution >= 0.6 is 0 Å². The lowest BCUT2D eigenvalue weighted by atomic mass is 10.1. The molecular weight excluding hydrogens is 274 g/mol. The van der Waals surface area contributed by atoms with Gasteiger partial charge in [0.05, 0.1) is 7.11 Å². The van der Waals surface area contributed by atoms with E-state index in [2.05, 4.69) is 36.5 Å². The van der Waals surface area contributed by atoms with E-state index >= 15 is 0 Å². The molecule has 0 fully saturated rings. The Hall–Kier alpha value is -2.00. The van der Waals surface area contributed by atoms with Crippen molar-refractivity contribution in [1.82, 2.24) is 5.32 Å². The van der Waals surface area contributed by atoms with Gasteiger partial charge in [-0.1, -0.05) is 36.4 Å². The van der Waals surface area contributed by atoms with E-state index in [0.29, 0.717) is 12.6 Å². The molecule has 0 radical (unpaired) electrons. The fourth-order valence-electron chi connectivity index (χ4n) is 2.25. The van der Waals surface area contributed by atoms with Gasteiger partial charge in [-0.2, -0.15) is 0 Å². The fraction of sp³-hybridized carbons (Fsp3) is 0.368. The molecule has 2 aromatic rings. The van der Waals surface area contributed by atoms with Crippen LogP contribution in [0.25, 0.3) is 0 Å². The highest BCUT2D eigenvalue weighted by Crippen LogP contribution is 2.29. The number of nitrogens with one attached hydrogen (secondary N) is 1. The molecule has 2 aromatic carbocycles. The van der Waals surface area contributed by atoms with Gasteiger partial charge in [-0.05, 0) is 50.1 Å². The molecule has 0 aromatic heterocycles. The molecule has 0 aliphatic rings. The smallest absolute Gasteiger partial charge is 0.161 e. The van der Waals surface area contributed by atoms with Crippen LogP contribution < -0.4 is 14.8 Å². The van der Waals surface area contributed by atoms with Gasteiger partial charge in [0.1, 0.15) is 6.61 Å². The van der Waals surface area contributed by atoms with E-state index in [-0.39, 0.29) is 0 Å². The first-order chi connectivity index (χ1) is 10.7. The second-order valence-electron chi connectivity index (χ2n) is 5.49. The molecule has 0 saturated heterocycles. The van der Waals surface area contributed by atoms with Crippen LogP contribution in [0.4, 0.5) is 0 Å². The minimum Gasteiger partial charge on any atom is -0.493 e. The van der Waals surface area contributed by atoms with Gasteiger partial charge < -0.3 is 14.8 Å². The molecule has 118 valence electrons. The van der Waals surface area contributed by atoms with Crippen molar-refractivity contribution in [1.29, 1.82) is 0 Å². The quantitative estimate of drug-likeness (QED) is 0.804. The summed E-state index contributed by atoms with van der Waals surface area (Å²) >= 11 is 0. The summed E-state index contributed by atoms with van der Waals surface area (Å²) in [6, 6.07) is 16.9. The van der Waals surface area contributed by atoms with Crippen LogP contribution in [0.2, 0.25) is 0 Å². The number of benzene rings is 2. The lowest BCUT2D eigenvalue weighted by Gasteiger charge is -2.14. The number of hydrogen-bond acceptors (Lipinski definition) is 3. The first-order valence-corrected chi connectivity index (χ1v) is 7.74. The van der Waals surface area contributed by atoms with Crippen LogP contribution in [0.3, 0.4) is 0 Å². The van der Waals surface area contributed by atoms with Crippen molar-refractivity contribution in [2.45, 2.75) is 32.4 Å². The topological polar surface area (TPSA) is 30.5 Å². The van der Waals surface area contributed by atoms with Gasteiger partial charge in [-0.15, -0.1) is 0 Å². The molecule has 0 aliphatic carbocycles. The van der Waals surface area contributed by atoms with Crippen molar-refractivity contribution in [2.75, 3.05) is 14.2 Å². The van der Waals surface area contributed by atoms with E-state index in [1.54, 1.807) is 7.11 Å². The van der Waals surface area contributed by atoms with Gasteiger partial charge in [-0.3, -0.25) is 0 Å². The van der Waals surface area contributed by atoms with Gasteiger partial charge in [0.2, 0.25) is 0 Å². The van der Waals surface area contributed by atoms with Crippen LogP contribution in [0.1, 0.15) is 24.5 Å². The lowest BCUT2D eigenvalue weighted by molar-refractivity contribution is 0.284. The third-order valence-electron chi connectivity index (χ3n) is 3.82. The Labute approximate surface area is 133 Å². The summed E-state index contributed by atoms with van der Waals surface area (Å²) in [5.41, 5.74) is 2.42. The van der Waals surface area contributed by atoms with Crippen LogP contribution in [-0.2, 0) is 13.0 Å². The molecule has 3 nitrogen and oxygen atoms in total. The van der Waals surface area contributed by atoms with Gasteiger partial charge in [0, 0.05) is 6.04 Å². The maximum Gasteiger partial charge on any atom is 0.161 e. The van der Waals surface area contributed by atoms with Crippen LogP contribution in [-0.4, -0.2) is 20.2 Å². The average Bonchev–Trinajstić information content (AvgIpc) is 2.58. The molecule has 0 saturated carbocycles. The predicted molar refractivity (Wildman–Crippen MR) is 90.6 cm³/mol. The molecule has 1 N–H and O–H groups in total. The summed E-state index contributed by atoms with van der Waals surface area (Å²) < 4.78 is 11.3. The second-order valence-corrected chi connectivity index (χ2v) is 5.49. The van der Waals surface area contributed by atoms with E-state index in [9.17, 15) is 0 Å². The van der Waals surface area contributed by atoms with Crippen molar-refractivity contribution < 1.29 is 9.47 Å². The highest BCUT2D eigenvalue weighted by atomic mass is 16.5. The Bertz CT molecular complexity index is 569. The summed E-state index contributed by atoms with van der Waals surface area (Å²) in [7, 11) is 3.68. The minimum atomic E-state index is 0.514. The maximum atomic E-state index is 5.88. The summed E-state index contributed by atoms with van der Waals surface area (Å²) in [6.45, 7) is 2.74. The summed E-state index contributed by atoms with van der Waals surface area (Å²) in [5.74, 6) is 1.59. The normalized spacial score (nSPS) is 12.0. The van der Waals surface area contributed by atoms with Crippen molar-refractivity contribution in [3.05, 3.63) is 59.7 Å². The zero-order valence-electron chi connectivity index (χ0n) is 13.6. The number of aryl methyl sites for hydroxylation is 1. The van der Waals surface area contributed by atoms with Gasteiger partial charge in [0.25, 0.3) is 0 Å². The Kier molecular flexibility index (Phi) is 6.28. The molecule has 2 rings (SSSR count). The Morgan fingerprint density at radius 3 is 2.45 bits per heavy atom. The summed E-state index contributed by atoms with van der Waals surface area (Å²) in [6.07, 6.45) is 2.13. The van der Waals surface area contributed by atoms with Crippen molar-refractivity contribution in [3.8, 4) is 11.5 Å². The average molecular weight is 299 g/mol. The van der Waals surface area contributed by atoms with Crippen LogP contribution in [0, 0.1) is 0 Å². The number of rotatable bonds is 8. The second kappa shape index (κ2) is 8.44. The van der Waals surface area contributed by atoms with E-state index in [1.807, 2.05) is 31.3 Å². The predicted octanol–water partition coefficient (Wildman–Crippen LogP) is 3.81. The number of hydrogen-bond donors (Lipinski definition) is 1. The molecule has 0 bridgehead atoms. The third-order valence-corrected chi connectivity index (χ3v) is 3.82. The maximum absolute atomic E-state index is 5.88. The SMILES string of the molecule is CNC(C)CCc1ccc(OCc2ccccc2)c(OC)c1. The fourth-order valence-corrected chi connectivity index (χ4v) is 2.25. The Morgan fingerprint density at radius 2 is 1.77 bits per heavy atom. The van der Waals surface area contributed by atoms with E-state index in [0.717, 1.165) is 29.9 Å². The van der Waals surface area contributed by atoms with Gasteiger partial charge in [0.15, 0.2) is 11.5 Å². The number of methoxy groups -OCH3 is 1. The van der Waals surface area contributed by atoms with Gasteiger partial charge in [-0.25, -0.2) is 0 Å². The van der Waals surface area contributed by atoms with Crippen LogP contribution in [0.5, 0.6) is 11.5 Å². The summed E-state index contributed by atoms with van der Waals surface area (Å²) in [4.78, 5) is 0. The van der Waals surface area contributed by atoms with E-state index in [4.69, 9.17) is 9.47 Å². The standard InChI is InChI=1S/C19H25NO2/c1-15(20-2)9-10-16-11-12-18(19(13-16)21-3)22-14-17-7-5-4-6-8-17/h4-8,11-13,15,20H,9-10,14H2,1-3H3. The van der Waals surface area contributed by atoms with E-state index in [1.165, 1.54) is 5.56 Å². The zero-order chi connectivity index (χ0) is 15.8. The van der Waals surface area contributed by atoms with Crippen molar-refractivity contribution >= 4 is 0 Å². The van der Waals surface area contributed by atoms with Crippen LogP contribution in [0.15, 0.2) is 48.5 Å². The first kappa shape index (κ1) is 16.4. The highest BCUT2D eigenvalue weighted by Gasteiger charge is 2.07. The van der Waals surface area contributed by atoms with Crippen molar-refractivity contribution in [2.24, 2.45) is 0 Å². The van der Waals surface area contributed by atoms with E-state index < -0.39 is 0 Å². The number of ether oxygens (including phenoxy) is 2. The Balaban J connectivity index is 1.99. The zero-order valence-corrected chi connectivity index (χ0v) is 13.6. The Morgan fingerprint density at radius 1 is 1.00 bits per heavy atom. The first-order valence-electron chi connectivity index (χ1n) is 7.74. The third kappa shape index (κ3) is 4.78.